The molecule has 9 heteroatoms. The summed E-state index contributed by atoms with van der Waals surface area (Å²) in [5.74, 6) is -0.771. The van der Waals surface area contributed by atoms with Gasteiger partial charge in [-0.1, -0.05) is 42.5 Å². The zero-order chi connectivity index (χ0) is 22.3. The normalized spacial score (nSPS) is 12.1. The number of sulfonamides is 1. The van der Waals surface area contributed by atoms with Crippen LogP contribution in [0.2, 0.25) is 0 Å². The lowest BCUT2D eigenvalue weighted by atomic mass is 10.1. The summed E-state index contributed by atoms with van der Waals surface area (Å²) >= 11 is 3.35. The first-order valence-electron chi connectivity index (χ1n) is 9.48. The minimum atomic E-state index is -3.74. The van der Waals surface area contributed by atoms with Gasteiger partial charge in [0.05, 0.1) is 11.9 Å². The van der Waals surface area contributed by atoms with Gasteiger partial charge < -0.3 is 10.2 Å². The lowest BCUT2D eigenvalue weighted by molar-refractivity contribution is -0.139. The maximum atomic E-state index is 13.3. The number of para-hydroxylation sites is 1. The van der Waals surface area contributed by atoms with E-state index in [1.54, 1.807) is 38.1 Å². The van der Waals surface area contributed by atoms with E-state index in [9.17, 15) is 18.0 Å². The quantitative estimate of drug-likeness (QED) is 0.579. The van der Waals surface area contributed by atoms with E-state index in [1.807, 2.05) is 30.3 Å². The maximum Gasteiger partial charge on any atom is 0.244 e. The molecule has 162 valence electrons. The van der Waals surface area contributed by atoms with Gasteiger partial charge in [-0.2, -0.15) is 0 Å². The number of carbonyl (C=O) groups excluding carboxylic acids is 2. The molecule has 0 fully saturated rings. The third-order valence-electron chi connectivity index (χ3n) is 4.51. The largest absolute Gasteiger partial charge is 0.355 e. The van der Waals surface area contributed by atoms with Crippen LogP contribution < -0.4 is 9.62 Å². The second kappa shape index (κ2) is 10.6. The average Bonchev–Trinajstić information content (AvgIpc) is 2.70. The van der Waals surface area contributed by atoms with Crippen molar-refractivity contribution in [3.05, 3.63) is 64.6 Å². The van der Waals surface area contributed by atoms with Gasteiger partial charge in [-0.25, -0.2) is 8.42 Å². The van der Waals surface area contributed by atoms with Crippen LogP contribution in [0.1, 0.15) is 19.4 Å². The van der Waals surface area contributed by atoms with E-state index in [2.05, 4.69) is 21.2 Å². The lowest BCUT2D eigenvalue weighted by Gasteiger charge is -2.31. The Morgan fingerprint density at radius 1 is 1.07 bits per heavy atom. The van der Waals surface area contributed by atoms with Crippen LogP contribution in [0.25, 0.3) is 0 Å². The van der Waals surface area contributed by atoms with Crippen molar-refractivity contribution >= 4 is 43.5 Å². The van der Waals surface area contributed by atoms with Crippen LogP contribution in [0.15, 0.2) is 59.1 Å². The number of nitrogens with one attached hydrogen (secondary N) is 1. The summed E-state index contributed by atoms with van der Waals surface area (Å²) in [6.45, 7) is 3.63. The van der Waals surface area contributed by atoms with E-state index in [4.69, 9.17) is 0 Å². The number of hydrogen-bond donors (Lipinski definition) is 1. The molecule has 2 amide bonds. The number of hydrogen-bond acceptors (Lipinski definition) is 4. The second-order valence-electron chi connectivity index (χ2n) is 6.80. The molecule has 0 spiro atoms. The number of rotatable bonds is 9. The monoisotopic (exact) mass is 495 g/mol. The highest BCUT2D eigenvalue weighted by molar-refractivity contribution is 9.10. The third-order valence-corrected chi connectivity index (χ3v) is 6.31. The number of likely N-dealkylation sites (N-methyl/N-ethyl adjacent to an activating group) is 1. The molecule has 0 aliphatic rings. The standard InChI is InChI=1S/C21H26BrN3O4S/c1-4-23-21(27)16(2)24(14-17-10-6-5-7-11-17)20(26)15-25(30(3,28)29)19-13-9-8-12-18(19)22/h5-13,16H,4,14-15H2,1-3H3,(H,23,27). The van der Waals surface area contributed by atoms with Gasteiger partial charge in [0, 0.05) is 17.6 Å². The zero-order valence-electron chi connectivity index (χ0n) is 17.2. The lowest BCUT2D eigenvalue weighted by Crippen LogP contribution is -2.51. The fourth-order valence-electron chi connectivity index (χ4n) is 2.93. The number of carbonyl (C=O) groups is 2. The molecular formula is C21H26BrN3O4S. The van der Waals surface area contributed by atoms with Gasteiger partial charge in [0.25, 0.3) is 0 Å². The Hall–Kier alpha value is -2.39. The van der Waals surface area contributed by atoms with Crippen molar-refractivity contribution in [3.63, 3.8) is 0 Å². The van der Waals surface area contributed by atoms with Gasteiger partial charge in [-0.15, -0.1) is 0 Å². The number of nitrogens with zero attached hydrogens (tertiary/aromatic N) is 2. The van der Waals surface area contributed by atoms with Gasteiger partial charge in [0.2, 0.25) is 21.8 Å². The van der Waals surface area contributed by atoms with Crippen molar-refractivity contribution < 1.29 is 18.0 Å². The topological polar surface area (TPSA) is 86.8 Å². The molecule has 0 heterocycles. The van der Waals surface area contributed by atoms with Crippen LogP contribution in [-0.4, -0.2) is 50.5 Å². The minimum absolute atomic E-state index is 0.186. The molecular weight excluding hydrogens is 470 g/mol. The van der Waals surface area contributed by atoms with Crippen molar-refractivity contribution in [2.75, 3.05) is 23.7 Å². The Labute approximate surface area is 186 Å². The Morgan fingerprint density at radius 2 is 1.67 bits per heavy atom. The fourth-order valence-corrected chi connectivity index (χ4v) is 4.41. The molecule has 0 aromatic heterocycles. The van der Waals surface area contributed by atoms with Crippen molar-refractivity contribution in [2.24, 2.45) is 0 Å². The first-order chi connectivity index (χ1) is 14.1. The van der Waals surface area contributed by atoms with Crippen molar-refractivity contribution in [3.8, 4) is 0 Å². The van der Waals surface area contributed by atoms with Gasteiger partial charge in [-0.3, -0.25) is 13.9 Å². The summed E-state index contributed by atoms with van der Waals surface area (Å²) in [5.41, 5.74) is 1.20. The van der Waals surface area contributed by atoms with E-state index in [0.717, 1.165) is 16.1 Å². The Morgan fingerprint density at radius 3 is 2.23 bits per heavy atom. The molecule has 0 radical (unpaired) electrons. The predicted molar refractivity (Wildman–Crippen MR) is 121 cm³/mol. The van der Waals surface area contributed by atoms with E-state index in [1.165, 1.54) is 4.90 Å². The van der Waals surface area contributed by atoms with Crippen molar-refractivity contribution in [2.45, 2.75) is 26.4 Å². The average molecular weight is 496 g/mol. The predicted octanol–water partition coefficient (Wildman–Crippen LogP) is 2.77. The fraction of sp³-hybridized carbons (Fsp3) is 0.333. The molecule has 0 aliphatic heterocycles. The van der Waals surface area contributed by atoms with Gasteiger partial charge in [0.1, 0.15) is 12.6 Å². The molecule has 1 atom stereocenters. The van der Waals surface area contributed by atoms with Crippen LogP contribution in [0.3, 0.4) is 0 Å². The second-order valence-corrected chi connectivity index (χ2v) is 9.56. The molecule has 30 heavy (non-hydrogen) atoms. The molecule has 7 nitrogen and oxygen atoms in total. The Bertz CT molecular complexity index is 983. The number of benzene rings is 2. The summed E-state index contributed by atoms with van der Waals surface area (Å²) < 4.78 is 26.5. The summed E-state index contributed by atoms with van der Waals surface area (Å²) in [7, 11) is -3.74. The van der Waals surface area contributed by atoms with E-state index in [0.29, 0.717) is 16.7 Å². The molecule has 2 aromatic rings. The van der Waals surface area contributed by atoms with E-state index >= 15 is 0 Å². The zero-order valence-corrected chi connectivity index (χ0v) is 19.6. The Balaban J connectivity index is 2.37. The summed E-state index contributed by atoms with van der Waals surface area (Å²) in [6.07, 6.45) is 1.05. The van der Waals surface area contributed by atoms with E-state index < -0.39 is 28.5 Å². The molecule has 1 unspecified atom stereocenters. The van der Waals surface area contributed by atoms with Gasteiger partial charge in [0.15, 0.2) is 0 Å². The first-order valence-corrected chi connectivity index (χ1v) is 12.1. The molecule has 1 N–H and O–H groups in total. The molecule has 0 saturated heterocycles. The number of anilines is 1. The number of amides is 2. The SMILES string of the molecule is CCNC(=O)C(C)N(Cc1ccccc1)C(=O)CN(c1ccccc1Br)S(C)(=O)=O. The molecule has 2 rings (SSSR count). The van der Waals surface area contributed by atoms with Gasteiger partial charge in [-0.05, 0) is 47.5 Å². The highest BCUT2D eigenvalue weighted by Gasteiger charge is 2.30. The molecule has 0 aliphatic carbocycles. The first kappa shape index (κ1) is 23.9. The Kier molecular flexibility index (Phi) is 8.43. The van der Waals surface area contributed by atoms with Crippen LogP contribution in [0.4, 0.5) is 5.69 Å². The van der Waals surface area contributed by atoms with Crippen molar-refractivity contribution in [1.29, 1.82) is 0 Å². The smallest absolute Gasteiger partial charge is 0.244 e. The molecule has 0 bridgehead atoms. The molecule has 0 saturated carbocycles. The highest BCUT2D eigenvalue weighted by Crippen LogP contribution is 2.27. The maximum absolute atomic E-state index is 13.3. The van der Waals surface area contributed by atoms with E-state index in [-0.39, 0.29) is 12.5 Å². The van der Waals surface area contributed by atoms with Crippen LogP contribution in [0.5, 0.6) is 0 Å². The number of halogens is 1. The highest BCUT2D eigenvalue weighted by atomic mass is 79.9. The van der Waals surface area contributed by atoms with Crippen molar-refractivity contribution in [1.82, 2.24) is 10.2 Å². The summed E-state index contributed by atoms with van der Waals surface area (Å²) in [4.78, 5) is 27.1. The summed E-state index contributed by atoms with van der Waals surface area (Å²) in [5, 5.41) is 2.72. The molecule has 2 aromatic carbocycles. The van der Waals surface area contributed by atoms with Crippen LogP contribution in [0, 0.1) is 0 Å². The summed E-state index contributed by atoms with van der Waals surface area (Å²) in [6, 6.07) is 15.3. The van der Waals surface area contributed by atoms with Gasteiger partial charge >= 0.3 is 0 Å². The van der Waals surface area contributed by atoms with Crippen LogP contribution in [-0.2, 0) is 26.2 Å². The minimum Gasteiger partial charge on any atom is -0.355 e. The van der Waals surface area contributed by atoms with Crippen LogP contribution >= 0.6 is 15.9 Å². The third kappa shape index (κ3) is 6.30.